The first-order valence-electron chi connectivity index (χ1n) is 9.65. The molecule has 0 unspecified atom stereocenters. The van der Waals surface area contributed by atoms with E-state index in [1.165, 1.54) is 4.90 Å². The van der Waals surface area contributed by atoms with E-state index in [1.807, 2.05) is 72.9 Å². The Morgan fingerprint density at radius 3 is 2.55 bits per heavy atom. The molecule has 0 saturated carbocycles. The van der Waals surface area contributed by atoms with Gasteiger partial charge in [-0.05, 0) is 24.1 Å². The molecule has 2 aromatic rings. The minimum Gasteiger partial charge on any atom is -0.483 e. The van der Waals surface area contributed by atoms with E-state index in [2.05, 4.69) is 11.4 Å². The molecule has 1 aliphatic heterocycles. The average Bonchev–Trinajstić information content (AvgIpc) is 3.27. The first-order chi connectivity index (χ1) is 14.1. The van der Waals surface area contributed by atoms with Crippen LogP contribution in [0.3, 0.4) is 0 Å². The number of likely N-dealkylation sites (N-methyl/N-ethyl adjacent to an activating group) is 1. The van der Waals surface area contributed by atoms with Crippen molar-refractivity contribution >= 4 is 41.0 Å². The van der Waals surface area contributed by atoms with E-state index in [0.717, 1.165) is 40.5 Å². The summed E-state index contributed by atoms with van der Waals surface area (Å²) in [6.07, 6.45) is 0.829. The number of para-hydroxylation sites is 2. The van der Waals surface area contributed by atoms with E-state index in [1.54, 1.807) is 7.05 Å². The maximum absolute atomic E-state index is 12.5. The second-order valence-corrected chi connectivity index (χ2v) is 9.43. The van der Waals surface area contributed by atoms with Gasteiger partial charge in [0.1, 0.15) is 5.75 Å². The van der Waals surface area contributed by atoms with Gasteiger partial charge in [0.2, 0.25) is 5.91 Å². The van der Waals surface area contributed by atoms with Crippen LogP contribution < -0.4 is 10.1 Å². The molecule has 1 N–H and O–H groups in total. The lowest BCUT2D eigenvalue weighted by Crippen LogP contribution is -2.37. The van der Waals surface area contributed by atoms with Crippen LogP contribution in [0.4, 0.5) is 5.69 Å². The molecule has 7 heteroatoms. The number of ether oxygens (including phenoxy) is 1. The van der Waals surface area contributed by atoms with Gasteiger partial charge in [0.15, 0.2) is 6.61 Å². The Bertz CT molecular complexity index is 853. The Balaban J connectivity index is 1.53. The van der Waals surface area contributed by atoms with Crippen LogP contribution >= 0.6 is 23.5 Å². The van der Waals surface area contributed by atoms with Gasteiger partial charge in [-0.1, -0.05) is 43.3 Å². The summed E-state index contributed by atoms with van der Waals surface area (Å²) in [5, 5.41) is 2.89. The Hall–Kier alpha value is -2.12. The summed E-state index contributed by atoms with van der Waals surface area (Å²) in [6.45, 7) is 1.93. The summed E-state index contributed by atoms with van der Waals surface area (Å²) in [5.41, 5.74) is 2.97. The number of aryl methyl sites for hydroxylation is 1. The molecule has 1 saturated heterocycles. The number of nitrogens with one attached hydrogen (secondary N) is 1. The highest BCUT2D eigenvalue weighted by atomic mass is 32.2. The zero-order valence-corrected chi connectivity index (χ0v) is 18.4. The number of benzene rings is 2. The fourth-order valence-corrected chi connectivity index (χ4v) is 5.95. The number of thioether (sulfide) groups is 2. The highest BCUT2D eigenvalue weighted by Gasteiger charge is 2.22. The molecule has 29 heavy (non-hydrogen) atoms. The summed E-state index contributed by atoms with van der Waals surface area (Å²) < 4.78 is 6.17. The molecule has 0 aromatic heterocycles. The predicted octanol–water partition coefficient (Wildman–Crippen LogP) is 4.20. The molecule has 0 radical (unpaired) electrons. The third-order valence-electron chi connectivity index (χ3n) is 4.62. The molecule has 5 nitrogen and oxygen atoms in total. The van der Waals surface area contributed by atoms with E-state index >= 15 is 0 Å². The Labute approximate surface area is 180 Å². The van der Waals surface area contributed by atoms with Crippen LogP contribution in [-0.4, -0.2) is 48.4 Å². The molecule has 2 aromatic carbocycles. The monoisotopic (exact) mass is 430 g/mol. The Morgan fingerprint density at radius 2 is 1.79 bits per heavy atom. The van der Waals surface area contributed by atoms with Crippen LogP contribution in [0.1, 0.15) is 22.6 Å². The van der Waals surface area contributed by atoms with Crippen molar-refractivity contribution in [2.75, 3.05) is 37.0 Å². The van der Waals surface area contributed by atoms with Crippen molar-refractivity contribution in [1.29, 1.82) is 0 Å². The van der Waals surface area contributed by atoms with Crippen molar-refractivity contribution in [2.24, 2.45) is 0 Å². The molecule has 0 bridgehead atoms. The summed E-state index contributed by atoms with van der Waals surface area (Å²) in [4.78, 5) is 26.2. The highest BCUT2D eigenvalue weighted by Crippen LogP contribution is 2.48. The van der Waals surface area contributed by atoms with Crippen LogP contribution in [0.25, 0.3) is 0 Å². The molecule has 1 heterocycles. The van der Waals surface area contributed by atoms with E-state index in [0.29, 0.717) is 4.58 Å². The molecule has 1 fully saturated rings. The van der Waals surface area contributed by atoms with Crippen LogP contribution in [-0.2, 0) is 16.0 Å². The smallest absolute Gasteiger partial charge is 0.260 e. The first kappa shape index (κ1) is 21.6. The minimum absolute atomic E-state index is 0.0176. The van der Waals surface area contributed by atoms with Gasteiger partial charge < -0.3 is 15.0 Å². The highest BCUT2D eigenvalue weighted by molar-refractivity contribution is 8.19. The molecule has 2 amide bonds. The van der Waals surface area contributed by atoms with Gasteiger partial charge in [0, 0.05) is 29.8 Å². The summed E-state index contributed by atoms with van der Waals surface area (Å²) in [7, 11) is 1.62. The topological polar surface area (TPSA) is 58.6 Å². The third kappa shape index (κ3) is 5.93. The lowest BCUT2D eigenvalue weighted by atomic mass is 10.1. The summed E-state index contributed by atoms with van der Waals surface area (Å²) in [6, 6.07) is 15.5. The van der Waals surface area contributed by atoms with Gasteiger partial charge in [0.25, 0.3) is 5.91 Å². The van der Waals surface area contributed by atoms with Gasteiger partial charge in [-0.2, -0.15) is 0 Å². The first-order valence-corrected chi connectivity index (χ1v) is 11.7. The standard InChI is InChI=1S/C22H26N2O3S2/c1-3-16-8-4-6-10-18(16)23-20(25)14-24(2)21(26)15-27-19-11-7-5-9-17(19)22-28-12-13-29-22/h4-11,22H,3,12-15H2,1-2H3,(H,23,25). The van der Waals surface area contributed by atoms with E-state index in [9.17, 15) is 9.59 Å². The van der Waals surface area contributed by atoms with Crippen molar-refractivity contribution in [1.82, 2.24) is 4.90 Å². The molecule has 0 aliphatic carbocycles. The van der Waals surface area contributed by atoms with Gasteiger partial charge in [0.05, 0.1) is 11.1 Å². The van der Waals surface area contributed by atoms with Crippen LogP contribution in [0.2, 0.25) is 0 Å². The number of carbonyl (C=O) groups is 2. The largest absolute Gasteiger partial charge is 0.483 e. The third-order valence-corrected chi connectivity index (χ3v) is 7.69. The fraction of sp³-hybridized carbons (Fsp3) is 0.364. The van der Waals surface area contributed by atoms with Gasteiger partial charge in [-0.25, -0.2) is 0 Å². The molecular formula is C22H26N2O3S2. The second kappa shape index (κ2) is 10.6. The number of carbonyl (C=O) groups excluding carboxylic acids is 2. The normalized spacial score (nSPS) is 13.9. The number of rotatable bonds is 8. The SMILES string of the molecule is CCc1ccccc1NC(=O)CN(C)C(=O)COc1ccccc1C1SCCS1. The van der Waals surface area contributed by atoms with Gasteiger partial charge in [-0.15, -0.1) is 23.5 Å². The molecule has 3 rings (SSSR count). The minimum atomic E-state index is -0.231. The van der Waals surface area contributed by atoms with E-state index in [-0.39, 0.29) is 25.0 Å². The molecular weight excluding hydrogens is 404 g/mol. The maximum Gasteiger partial charge on any atom is 0.260 e. The van der Waals surface area contributed by atoms with E-state index in [4.69, 9.17) is 4.74 Å². The van der Waals surface area contributed by atoms with Gasteiger partial charge >= 0.3 is 0 Å². The average molecular weight is 431 g/mol. The van der Waals surface area contributed by atoms with Crippen LogP contribution in [0, 0.1) is 0 Å². The van der Waals surface area contributed by atoms with Crippen molar-refractivity contribution < 1.29 is 14.3 Å². The molecule has 1 aliphatic rings. The van der Waals surface area contributed by atoms with Crippen molar-refractivity contribution in [3.8, 4) is 5.75 Å². The summed E-state index contributed by atoms with van der Waals surface area (Å²) in [5.74, 6) is 2.54. The lowest BCUT2D eigenvalue weighted by molar-refractivity contribution is -0.135. The quantitative estimate of drug-likeness (QED) is 0.680. The van der Waals surface area contributed by atoms with Crippen molar-refractivity contribution in [2.45, 2.75) is 17.9 Å². The number of hydrogen-bond acceptors (Lipinski definition) is 5. The van der Waals surface area contributed by atoms with Crippen LogP contribution in [0.15, 0.2) is 48.5 Å². The molecule has 0 atom stereocenters. The zero-order valence-electron chi connectivity index (χ0n) is 16.7. The van der Waals surface area contributed by atoms with Crippen molar-refractivity contribution in [3.63, 3.8) is 0 Å². The number of nitrogens with zero attached hydrogens (tertiary/aromatic N) is 1. The Morgan fingerprint density at radius 1 is 1.10 bits per heavy atom. The second-order valence-electron chi connectivity index (χ2n) is 6.71. The molecule has 154 valence electrons. The van der Waals surface area contributed by atoms with E-state index < -0.39 is 0 Å². The summed E-state index contributed by atoms with van der Waals surface area (Å²) >= 11 is 3.79. The number of amides is 2. The van der Waals surface area contributed by atoms with Gasteiger partial charge in [-0.3, -0.25) is 9.59 Å². The van der Waals surface area contributed by atoms with Crippen molar-refractivity contribution in [3.05, 3.63) is 59.7 Å². The maximum atomic E-state index is 12.5. The predicted molar refractivity (Wildman–Crippen MR) is 122 cm³/mol. The number of anilines is 1. The lowest BCUT2D eigenvalue weighted by Gasteiger charge is -2.19. The zero-order chi connectivity index (χ0) is 20.6. The Kier molecular flexibility index (Phi) is 7.89. The fourth-order valence-electron chi connectivity index (χ4n) is 3.04. The molecule has 0 spiro atoms. The number of hydrogen-bond donors (Lipinski definition) is 1. The van der Waals surface area contributed by atoms with Crippen LogP contribution in [0.5, 0.6) is 5.75 Å².